The number of aromatic nitrogens is 3. The van der Waals surface area contributed by atoms with Crippen LogP contribution in [0.3, 0.4) is 0 Å². The van der Waals surface area contributed by atoms with Crippen LogP contribution in [-0.2, 0) is 20.7 Å². The summed E-state index contributed by atoms with van der Waals surface area (Å²) in [6.45, 7) is 8.39. The number of likely N-dealkylation sites (tertiary alicyclic amines) is 1. The Bertz CT molecular complexity index is 2120. The van der Waals surface area contributed by atoms with Gasteiger partial charge in [-0.3, -0.25) is 9.36 Å². The first-order chi connectivity index (χ1) is 24.4. The highest BCUT2D eigenvalue weighted by Gasteiger charge is 2.38. The summed E-state index contributed by atoms with van der Waals surface area (Å²) in [7, 11) is 2.98. The highest BCUT2D eigenvalue weighted by atomic mass is 35.5. The number of aromatic amines is 1. The molecule has 1 saturated heterocycles. The summed E-state index contributed by atoms with van der Waals surface area (Å²) in [5, 5.41) is 4.15. The smallest absolute Gasteiger partial charge is 0.407 e. The first-order valence-electron chi connectivity index (χ1n) is 17.0. The van der Waals surface area contributed by atoms with Gasteiger partial charge in [0.05, 0.1) is 52.3 Å². The Kier molecular flexibility index (Phi) is 9.36. The van der Waals surface area contributed by atoms with E-state index in [1.54, 1.807) is 29.5 Å². The monoisotopic (exact) mass is 733 g/mol. The Hall–Kier alpha value is -4.39. The van der Waals surface area contributed by atoms with Crippen LogP contribution < -0.4 is 10.1 Å². The van der Waals surface area contributed by atoms with Crippen molar-refractivity contribution < 1.29 is 28.2 Å². The first-order valence-corrected chi connectivity index (χ1v) is 18.2. The van der Waals surface area contributed by atoms with Crippen LogP contribution in [0.5, 0.6) is 5.75 Å². The summed E-state index contributed by atoms with van der Waals surface area (Å²) in [6, 6.07) is 14.0. The number of nitrogens with zero attached hydrogens (tertiary/aromatic N) is 3. The molecule has 7 rings (SSSR count). The maximum absolute atomic E-state index is 16.4. The van der Waals surface area contributed by atoms with Gasteiger partial charge in [0.2, 0.25) is 12.1 Å². The fraction of sp³-hybridized carbons (Fsp3) is 0.395. The van der Waals surface area contributed by atoms with Crippen molar-refractivity contribution >= 4 is 45.8 Å². The van der Waals surface area contributed by atoms with Gasteiger partial charge in [-0.2, -0.15) is 0 Å². The topological polar surface area (TPSA) is 111 Å². The minimum Gasteiger partial charge on any atom is -0.464 e. The van der Waals surface area contributed by atoms with Crippen LogP contribution in [0.25, 0.3) is 33.4 Å². The molecule has 2 N–H and O–H groups in total. The number of amides is 2. The van der Waals surface area contributed by atoms with E-state index < -0.39 is 24.2 Å². The molecule has 268 valence electrons. The predicted octanol–water partition coefficient (Wildman–Crippen LogP) is 8.50. The van der Waals surface area contributed by atoms with Crippen molar-refractivity contribution in [3.63, 3.8) is 0 Å². The molecule has 2 amide bonds. The van der Waals surface area contributed by atoms with Gasteiger partial charge in [0, 0.05) is 40.9 Å². The summed E-state index contributed by atoms with van der Waals surface area (Å²) < 4.78 is 35.6. The van der Waals surface area contributed by atoms with Crippen molar-refractivity contribution in [1.29, 1.82) is 0 Å². The zero-order valence-electron chi connectivity index (χ0n) is 29.4. The number of ether oxygens (including phenoxy) is 3. The summed E-state index contributed by atoms with van der Waals surface area (Å²) in [4.78, 5) is 37.5. The van der Waals surface area contributed by atoms with E-state index in [-0.39, 0.29) is 23.5 Å². The lowest BCUT2D eigenvalue weighted by Gasteiger charge is -2.30. The van der Waals surface area contributed by atoms with Crippen LogP contribution >= 0.6 is 22.9 Å². The van der Waals surface area contributed by atoms with Gasteiger partial charge in [0.1, 0.15) is 23.4 Å². The van der Waals surface area contributed by atoms with Gasteiger partial charge >= 0.3 is 6.09 Å². The molecule has 5 heterocycles. The Morgan fingerprint density at radius 2 is 1.98 bits per heavy atom. The molecule has 51 heavy (non-hydrogen) atoms. The molecule has 2 aliphatic heterocycles. The quantitative estimate of drug-likeness (QED) is 0.157. The molecule has 0 spiro atoms. The maximum atomic E-state index is 16.4. The zero-order chi connectivity index (χ0) is 36.2. The molecule has 1 unspecified atom stereocenters. The van der Waals surface area contributed by atoms with Crippen LogP contribution in [-0.4, -0.2) is 63.8 Å². The van der Waals surface area contributed by atoms with E-state index in [9.17, 15) is 9.59 Å². The fourth-order valence-corrected chi connectivity index (χ4v) is 8.48. The Morgan fingerprint density at radius 3 is 2.73 bits per heavy atom. The van der Waals surface area contributed by atoms with Crippen LogP contribution in [0.4, 0.5) is 9.18 Å². The molecule has 13 heteroatoms. The number of hydrogen-bond donors (Lipinski definition) is 2. The normalized spacial score (nSPS) is 17.7. The van der Waals surface area contributed by atoms with Gasteiger partial charge in [-0.05, 0) is 81.1 Å². The first kappa shape index (κ1) is 35.0. The summed E-state index contributed by atoms with van der Waals surface area (Å²) in [6.07, 6.45) is 2.67. The molecule has 10 nitrogen and oxygen atoms in total. The van der Waals surface area contributed by atoms with Gasteiger partial charge in [-0.1, -0.05) is 25.4 Å². The van der Waals surface area contributed by atoms with E-state index in [0.29, 0.717) is 52.1 Å². The molecule has 2 aliphatic rings. The van der Waals surface area contributed by atoms with Crippen molar-refractivity contribution in [2.75, 3.05) is 20.8 Å². The number of rotatable bonds is 9. The SMILES string of the molecule is COC(=O)N[C@H](C(=O)N1CCC[C@H]1c1ncc(-c2cc(F)c3c(c2)OC(c2ccc(CC(C)(C)OC)s2)n2c-3cc3cc(Cl)ccc32)[nH]1)C(C)C. The molecule has 2 aromatic carbocycles. The number of imidazole rings is 1. The minimum atomic E-state index is -0.746. The van der Waals surface area contributed by atoms with Gasteiger partial charge < -0.3 is 29.4 Å². The Morgan fingerprint density at radius 1 is 1.18 bits per heavy atom. The highest BCUT2D eigenvalue weighted by molar-refractivity contribution is 7.12. The van der Waals surface area contributed by atoms with Crippen molar-refractivity contribution in [3.05, 3.63) is 81.1 Å². The highest BCUT2D eigenvalue weighted by Crippen LogP contribution is 2.48. The third-order valence-electron chi connectivity index (χ3n) is 9.81. The number of H-pyrrole nitrogens is 1. The van der Waals surface area contributed by atoms with E-state index in [0.717, 1.165) is 33.5 Å². The molecule has 0 radical (unpaired) electrons. The van der Waals surface area contributed by atoms with Crippen molar-refractivity contribution in [2.24, 2.45) is 5.92 Å². The number of benzene rings is 2. The Labute approximate surface area is 304 Å². The van der Waals surface area contributed by atoms with Gasteiger partial charge in [0.15, 0.2) is 0 Å². The largest absolute Gasteiger partial charge is 0.464 e. The molecule has 3 aromatic heterocycles. The van der Waals surface area contributed by atoms with Gasteiger partial charge in [-0.15, -0.1) is 11.3 Å². The van der Waals surface area contributed by atoms with Crippen LogP contribution in [0.15, 0.2) is 54.7 Å². The van der Waals surface area contributed by atoms with E-state index >= 15 is 4.39 Å². The number of thiophene rings is 1. The van der Waals surface area contributed by atoms with Crippen LogP contribution in [0.1, 0.15) is 68.4 Å². The lowest BCUT2D eigenvalue weighted by atomic mass is 10.0. The second-order valence-corrected chi connectivity index (χ2v) is 15.7. The third-order valence-corrected chi connectivity index (χ3v) is 11.2. The number of carbonyl (C=O) groups is 2. The third kappa shape index (κ3) is 6.60. The van der Waals surface area contributed by atoms with Crippen LogP contribution in [0.2, 0.25) is 5.02 Å². The lowest BCUT2D eigenvalue weighted by Crippen LogP contribution is -2.51. The predicted molar refractivity (Wildman–Crippen MR) is 196 cm³/mol. The van der Waals surface area contributed by atoms with Gasteiger partial charge in [-0.25, -0.2) is 14.2 Å². The van der Waals surface area contributed by atoms with E-state index in [1.807, 2.05) is 48.7 Å². The van der Waals surface area contributed by atoms with Gasteiger partial charge in [0.25, 0.3) is 0 Å². The number of alkyl carbamates (subject to hydrolysis) is 1. The average Bonchev–Trinajstić information content (AvgIpc) is 3.91. The molecule has 5 aromatic rings. The van der Waals surface area contributed by atoms with E-state index in [2.05, 4.69) is 41.3 Å². The molecular formula is C38H41ClFN5O5S. The molecule has 1 fully saturated rings. The number of halogens is 2. The average molecular weight is 734 g/mol. The van der Waals surface area contributed by atoms with Crippen LogP contribution in [0, 0.1) is 11.7 Å². The second kappa shape index (κ2) is 13.6. The van der Waals surface area contributed by atoms with E-state index in [4.69, 9.17) is 25.8 Å². The second-order valence-electron chi connectivity index (χ2n) is 14.1. The standard InChI is InChI=1S/C38H41ClFN5O5S/c1-20(2)33(43-37(47)48-5)35(46)44-13-7-8-28(44)34-41-19-26(42-34)21-15-25(40)32-29-16-22-14-23(39)9-11-27(22)45(29)36(50-30(32)17-21)31-12-10-24(51-31)18-38(3,4)49-6/h9-12,14-17,19-20,28,33,36H,7-8,13,18H2,1-6H3,(H,41,42)(H,43,47)/t28-,33-,36?/m0/s1. The summed E-state index contributed by atoms with van der Waals surface area (Å²) in [5.41, 5.74) is 2.77. The molecule has 0 saturated carbocycles. The lowest BCUT2D eigenvalue weighted by molar-refractivity contribution is -0.135. The Balaban J connectivity index is 1.24. The number of hydrogen-bond acceptors (Lipinski definition) is 7. The minimum absolute atomic E-state index is 0.152. The summed E-state index contributed by atoms with van der Waals surface area (Å²) in [5.74, 6) is 0.212. The van der Waals surface area contributed by atoms with Crippen molar-refractivity contribution in [2.45, 2.75) is 70.9 Å². The van der Waals surface area contributed by atoms with E-state index in [1.165, 1.54) is 13.2 Å². The zero-order valence-corrected chi connectivity index (χ0v) is 31.0. The number of carbonyl (C=O) groups excluding carboxylic acids is 2. The summed E-state index contributed by atoms with van der Waals surface area (Å²) >= 11 is 8.03. The molecule has 0 aliphatic carbocycles. The maximum Gasteiger partial charge on any atom is 0.407 e. The van der Waals surface area contributed by atoms with Crippen molar-refractivity contribution in [3.8, 4) is 28.3 Å². The molecule has 0 bridgehead atoms. The molecule has 3 atom stereocenters. The molecular weight excluding hydrogens is 693 g/mol. The van der Waals surface area contributed by atoms with Crippen molar-refractivity contribution in [1.82, 2.24) is 24.8 Å². The number of fused-ring (bicyclic) bond motifs is 5. The number of methoxy groups -OCH3 is 2. The number of nitrogens with one attached hydrogen (secondary N) is 2. The fourth-order valence-electron chi connectivity index (χ4n) is 7.05.